The van der Waals surface area contributed by atoms with E-state index in [9.17, 15) is 4.79 Å². The predicted octanol–water partition coefficient (Wildman–Crippen LogP) is 5.48. The van der Waals surface area contributed by atoms with Gasteiger partial charge in [-0.1, -0.05) is 60.3 Å². The highest BCUT2D eigenvalue weighted by atomic mass is 32.2. The van der Waals surface area contributed by atoms with E-state index in [0.29, 0.717) is 6.54 Å². The number of aromatic amines is 1. The minimum atomic E-state index is 0.0578. The number of hydrogen-bond donors (Lipinski definition) is 1. The molecule has 0 radical (unpaired) electrons. The molecule has 0 unspecified atom stereocenters. The molecular formula is C25H21N5OS. The van der Waals surface area contributed by atoms with Crippen LogP contribution in [-0.2, 0) is 6.54 Å². The number of aromatic nitrogens is 5. The van der Waals surface area contributed by atoms with Gasteiger partial charge < -0.3 is 9.55 Å². The fourth-order valence-electron chi connectivity index (χ4n) is 3.85. The van der Waals surface area contributed by atoms with Crippen LogP contribution in [0.15, 0.2) is 84.3 Å². The molecule has 7 heteroatoms. The molecule has 0 aliphatic rings. The number of nitrogens with zero attached hydrogens (tertiary/aromatic N) is 4. The molecule has 0 bridgehead atoms. The molecule has 32 heavy (non-hydrogen) atoms. The number of carbonyl (C=O) groups excluding carboxylic acids is 1. The lowest BCUT2D eigenvalue weighted by molar-refractivity contribution is 0.102. The van der Waals surface area contributed by atoms with Crippen molar-refractivity contribution in [3.05, 3.63) is 84.7 Å². The first kappa shape index (κ1) is 20.2. The number of para-hydroxylation sites is 1. The van der Waals surface area contributed by atoms with E-state index >= 15 is 0 Å². The summed E-state index contributed by atoms with van der Waals surface area (Å²) in [5.41, 5.74) is 4.48. The molecule has 3 aromatic heterocycles. The van der Waals surface area contributed by atoms with E-state index in [-0.39, 0.29) is 11.5 Å². The van der Waals surface area contributed by atoms with Gasteiger partial charge in [-0.3, -0.25) is 9.78 Å². The van der Waals surface area contributed by atoms with E-state index in [4.69, 9.17) is 0 Å². The van der Waals surface area contributed by atoms with E-state index in [1.165, 1.54) is 11.8 Å². The van der Waals surface area contributed by atoms with Crippen molar-refractivity contribution in [1.29, 1.82) is 0 Å². The van der Waals surface area contributed by atoms with Crippen molar-refractivity contribution in [2.24, 2.45) is 0 Å². The standard InChI is InChI=1S/C25H21N5OS/c1-2-30-24(18-12-14-26-15-13-18)28-29-25(30)32-16-21(31)22-19-10-6-7-11-20(19)27-23(22)17-8-4-3-5-9-17/h3-15,27H,2,16H2,1H3. The highest BCUT2D eigenvalue weighted by molar-refractivity contribution is 7.99. The second-order valence-electron chi connectivity index (χ2n) is 7.28. The Labute approximate surface area is 189 Å². The summed E-state index contributed by atoms with van der Waals surface area (Å²) in [4.78, 5) is 21.0. The number of H-pyrrole nitrogens is 1. The summed E-state index contributed by atoms with van der Waals surface area (Å²) in [6.07, 6.45) is 3.48. The topological polar surface area (TPSA) is 76.5 Å². The normalized spacial score (nSPS) is 11.2. The highest BCUT2D eigenvalue weighted by Crippen LogP contribution is 2.32. The number of benzene rings is 2. The number of rotatable bonds is 7. The SMILES string of the molecule is CCn1c(SCC(=O)c2c(-c3ccccc3)[nH]c3ccccc23)nnc1-c1ccncc1. The summed E-state index contributed by atoms with van der Waals surface area (Å²) in [7, 11) is 0. The van der Waals surface area contributed by atoms with Crippen LogP contribution >= 0.6 is 11.8 Å². The maximum atomic E-state index is 13.5. The summed E-state index contributed by atoms with van der Waals surface area (Å²) in [6, 6.07) is 21.7. The fraction of sp³-hybridized carbons (Fsp3) is 0.120. The van der Waals surface area contributed by atoms with Crippen molar-refractivity contribution in [2.45, 2.75) is 18.6 Å². The lowest BCUT2D eigenvalue weighted by Gasteiger charge is -2.08. The summed E-state index contributed by atoms with van der Waals surface area (Å²) >= 11 is 1.42. The van der Waals surface area contributed by atoms with Crippen LogP contribution in [0.3, 0.4) is 0 Å². The molecule has 0 aliphatic heterocycles. The van der Waals surface area contributed by atoms with Crippen LogP contribution in [-0.4, -0.2) is 36.3 Å². The van der Waals surface area contributed by atoms with Gasteiger partial charge in [0.1, 0.15) is 0 Å². The Morgan fingerprint density at radius 3 is 2.47 bits per heavy atom. The summed E-state index contributed by atoms with van der Waals surface area (Å²) in [5, 5.41) is 10.4. The van der Waals surface area contributed by atoms with Crippen LogP contribution in [0.5, 0.6) is 0 Å². The van der Waals surface area contributed by atoms with Crippen molar-refractivity contribution in [1.82, 2.24) is 24.7 Å². The number of ketones is 1. The highest BCUT2D eigenvalue weighted by Gasteiger charge is 2.21. The van der Waals surface area contributed by atoms with Crippen LogP contribution < -0.4 is 0 Å². The molecule has 6 nitrogen and oxygen atoms in total. The number of fused-ring (bicyclic) bond motifs is 1. The molecule has 5 aromatic rings. The maximum Gasteiger partial charge on any atom is 0.191 e. The lowest BCUT2D eigenvalue weighted by Crippen LogP contribution is -2.06. The molecule has 0 atom stereocenters. The van der Waals surface area contributed by atoms with Crippen LogP contribution in [0.2, 0.25) is 0 Å². The predicted molar refractivity (Wildman–Crippen MR) is 128 cm³/mol. The van der Waals surface area contributed by atoms with Gasteiger partial charge >= 0.3 is 0 Å². The van der Waals surface area contributed by atoms with Crippen molar-refractivity contribution in [2.75, 3.05) is 5.75 Å². The zero-order valence-electron chi connectivity index (χ0n) is 17.5. The van der Waals surface area contributed by atoms with Crippen LogP contribution in [0.1, 0.15) is 17.3 Å². The van der Waals surface area contributed by atoms with Crippen molar-refractivity contribution in [3.63, 3.8) is 0 Å². The Bertz CT molecular complexity index is 1380. The zero-order chi connectivity index (χ0) is 21.9. The summed E-state index contributed by atoms with van der Waals surface area (Å²) in [6.45, 7) is 2.76. The minimum Gasteiger partial charge on any atom is -0.354 e. The van der Waals surface area contributed by atoms with E-state index in [2.05, 4.69) is 20.2 Å². The Kier molecular flexibility index (Phi) is 5.56. The molecule has 0 saturated heterocycles. The third kappa shape index (κ3) is 3.71. The number of carbonyl (C=O) groups is 1. The second-order valence-corrected chi connectivity index (χ2v) is 8.23. The third-order valence-corrected chi connectivity index (χ3v) is 6.32. The van der Waals surface area contributed by atoms with Gasteiger partial charge in [0.2, 0.25) is 0 Å². The molecule has 0 saturated carbocycles. The molecular weight excluding hydrogens is 418 g/mol. The fourth-order valence-corrected chi connectivity index (χ4v) is 4.72. The Hall–Kier alpha value is -3.71. The molecule has 1 N–H and O–H groups in total. The number of pyridine rings is 1. The third-order valence-electron chi connectivity index (χ3n) is 5.35. The maximum absolute atomic E-state index is 13.5. The molecule has 0 spiro atoms. The second kappa shape index (κ2) is 8.80. The smallest absolute Gasteiger partial charge is 0.191 e. The van der Waals surface area contributed by atoms with Crippen LogP contribution in [0, 0.1) is 0 Å². The molecule has 2 aromatic carbocycles. The first-order chi connectivity index (χ1) is 15.8. The molecule has 158 valence electrons. The van der Waals surface area contributed by atoms with Gasteiger partial charge in [-0.25, -0.2) is 0 Å². The largest absolute Gasteiger partial charge is 0.354 e. The Balaban J connectivity index is 1.46. The molecule has 3 heterocycles. The Morgan fingerprint density at radius 1 is 0.938 bits per heavy atom. The summed E-state index contributed by atoms with van der Waals surface area (Å²) in [5.74, 6) is 1.11. The average Bonchev–Trinajstić information content (AvgIpc) is 3.45. The van der Waals surface area contributed by atoms with Gasteiger partial charge in [-0.2, -0.15) is 0 Å². The molecule has 0 amide bonds. The van der Waals surface area contributed by atoms with E-state index in [0.717, 1.165) is 44.3 Å². The van der Waals surface area contributed by atoms with Crippen molar-refractivity contribution in [3.8, 4) is 22.6 Å². The van der Waals surface area contributed by atoms with Gasteiger partial charge in [0.25, 0.3) is 0 Å². The van der Waals surface area contributed by atoms with Crippen molar-refractivity contribution >= 4 is 28.4 Å². The average molecular weight is 440 g/mol. The van der Waals surface area contributed by atoms with Crippen molar-refractivity contribution < 1.29 is 4.79 Å². The molecule has 5 rings (SSSR count). The number of nitrogens with one attached hydrogen (secondary N) is 1. The van der Waals surface area contributed by atoms with E-state index in [1.807, 2.05) is 78.2 Å². The Morgan fingerprint density at radius 2 is 1.69 bits per heavy atom. The van der Waals surface area contributed by atoms with E-state index < -0.39 is 0 Å². The van der Waals surface area contributed by atoms with Crippen LogP contribution in [0.25, 0.3) is 33.5 Å². The quantitative estimate of drug-likeness (QED) is 0.268. The first-order valence-electron chi connectivity index (χ1n) is 10.4. The van der Waals surface area contributed by atoms with Gasteiger partial charge in [-0.15, -0.1) is 10.2 Å². The number of thioether (sulfide) groups is 1. The van der Waals surface area contributed by atoms with Gasteiger partial charge in [-0.05, 0) is 30.7 Å². The first-order valence-corrected chi connectivity index (χ1v) is 11.4. The number of hydrogen-bond acceptors (Lipinski definition) is 5. The zero-order valence-corrected chi connectivity index (χ0v) is 18.3. The van der Waals surface area contributed by atoms with Gasteiger partial charge in [0.15, 0.2) is 16.8 Å². The molecule has 0 fully saturated rings. The van der Waals surface area contributed by atoms with Crippen LogP contribution in [0.4, 0.5) is 0 Å². The van der Waals surface area contributed by atoms with Gasteiger partial charge in [0.05, 0.1) is 17.0 Å². The van der Waals surface area contributed by atoms with E-state index in [1.54, 1.807) is 12.4 Å². The monoisotopic (exact) mass is 439 g/mol. The summed E-state index contributed by atoms with van der Waals surface area (Å²) < 4.78 is 2.03. The number of Topliss-reactive ketones (excluding diaryl/α,β-unsaturated/α-hetero) is 1. The molecule has 0 aliphatic carbocycles. The minimum absolute atomic E-state index is 0.0578. The lowest BCUT2D eigenvalue weighted by atomic mass is 10.0. The van der Waals surface area contributed by atoms with Gasteiger partial charge in [0, 0.05) is 35.4 Å².